The van der Waals surface area contributed by atoms with Crippen molar-refractivity contribution in [2.24, 2.45) is 0 Å². The topological polar surface area (TPSA) is 38.9 Å². The monoisotopic (exact) mass is 226 g/mol. The van der Waals surface area contributed by atoms with Crippen molar-refractivity contribution in [3.8, 4) is 0 Å². The summed E-state index contributed by atoms with van der Waals surface area (Å²) in [7, 11) is 0. The summed E-state index contributed by atoms with van der Waals surface area (Å²) in [5, 5.41) is 0.806. The number of aromatic nitrogens is 1. The smallest absolute Gasteiger partial charge is 0.120 e. The van der Waals surface area contributed by atoms with Crippen molar-refractivity contribution in [2.45, 2.75) is 0 Å². The van der Waals surface area contributed by atoms with Gasteiger partial charge in [0.15, 0.2) is 0 Å². The van der Waals surface area contributed by atoms with Gasteiger partial charge in [-0.05, 0) is 34.1 Å². The molecule has 2 nitrogen and oxygen atoms in total. The second kappa shape index (κ2) is 1.95. The third kappa shape index (κ3) is 1.03. The largest absolute Gasteiger partial charge is 0.388 e. The maximum atomic E-state index is 5.39. The van der Waals surface area contributed by atoms with Crippen LogP contribution >= 0.6 is 34.1 Å². The van der Waals surface area contributed by atoms with Crippen molar-refractivity contribution >= 4 is 39.1 Å². The van der Waals surface area contributed by atoms with Gasteiger partial charge in [-0.15, -0.1) is 0 Å². The first-order chi connectivity index (χ1) is 3.30. The Labute approximate surface area is 59.0 Å². The van der Waals surface area contributed by atoms with Gasteiger partial charge in [0, 0.05) is 0 Å². The van der Waals surface area contributed by atoms with Crippen LogP contribution < -0.4 is 5.73 Å². The van der Waals surface area contributed by atoms with Crippen molar-refractivity contribution in [2.75, 3.05) is 5.73 Å². The summed E-state index contributed by atoms with van der Waals surface area (Å²) in [4.78, 5) is 0. The first-order valence-electron chi connectivity index (χ1n) is 1.66. The fourth-order valence-electron chi connectivity index (χ4n) is 0.237. The van der Waals surface area contributed by atoms with Gasteiger partial charge >= 0.3 is 0 Å². The summed E-state index contributed by atoms with van der Waals surface area (Å²) in [5.74, 6) is 0. The highest BCUT2D eigenvalue weighted by atomic mass is 127. The Morgan fingerprint density at radius 2 is 2.57 bits per heavy atom. The Morgan fingerprint density at radius 3 is 2.71 bits per heavy atom. The zero-order valence-electron chi connectivity index (χ0n) is 3.39. The molecule has 0 fully saturated rings. The van der Waals surface area contributed by atoms with Crippen LogP contribution in [0.5, 0.6) is 0 Å². The first kappa shape index (κ1) is 5.30. The van der Waals surface area contributed by atoms with Crippen molar-refractivity contribution in [3.63, 3.8) is 0 Å². The quantitative estimate of drug-likeness (QED) is 0.677. The standard InChI is InChI=1S/C3H3IN2S/c4-2-1-6-7-3(2)5/h1H,5H2. The van der Waals surface area contributed by atoms with Gasteiger partial charge in [-0.3, -0.25) is 0 Å². The molecule has 0 saturated carbocycles. The molecule has 0 aliphatic rings. The van der Waals surface area contributed by atoms with E-state index in [1.807, 2.05) is 0 Å². The molecule has 0 atom stereocenters. The summed E-state index contributed by atoms with van der Waals surface area (Å²) in [5.41, 5.74) is 5.39. The van der Waals surface area contributed by atoms with Gasteiger partial charge in [-0.1, -0.05) is 0 Å². The van der Waals surface area contributed by atoms with E-state index in [4.69, 9.17) is 5.73 Å². The van der Waals surface area contributed by atoms with E-state index in [1.165, 1.54) is 11.5 Å². The molecule has 0 bridgehead atoms. The molecule has 0 aromatic carbocycles. The van der Waals surface area contributed by atoms with Gasteiger partial charge < -0.3 is 5.73 Å². The van der Waals surface area contributed by atoms with Crippen LogP contribution in [0.15, 0.2) is 6.20 Å². The molecule has 38 valence electrons. The first-order valence-corrected chi connectivity index (χ1v) is 3.51. The van der Waals surface area contributed by atoms with Crippen LogP contribution in [0.2, 0.25) is 0 Å². The van der Waals surface area contributed by atoms with Gasteiger partial charge in [0.1, 0.15) is 5.00 Å². The highest BCUT2D eigenvalue weighted by Gasteiger charge is 1.92. The predicted octanol–water partition coefficient (Wildman–Crippen LogP) is 1.33. The Morgan fingerprint density at radius 1 is 1.86 bits per heavy atom. The van der Waals surface area contributed by atoms with Crippen molar-refractivity contribution < 1.29 is 0 Å². The van der Waals surface area contributed by atoms with Crippen LogP contribution in [0, 0.1) is 3.57 Å². The van der Waals surface area contributed by atoms with E-state index in [1.54, 1.807) is 6.20 Å². The van der Waals surface area contributed by atoms with Gasteiger partial charge in [0.05, 0.1) is 9.77 Å². The molecule has 0 saturated heterocycles. The van der Waals surface area contributed by atoms with Gasteiger partial charge in [-0.2, -0.15) is 4.37 Å². The molecule has 0 radical (unpaired) electrons. The summed E-state index contributed by atoms with van der Waals surface area (Å²) in [6.07, 6.45) is 1.75. The number of anilines is 1. The molecule has 0 unspecified atom stereocenters. The summed E-state index contributed by atoms with van der Waals surface area (Å²) >= 11 is 3.47. The van der Waals surface area contributed by atoms with Crippen LogP contribution in [0.3, 0.4) is 0 Å². The number of hydrogen-bond acceptors (Lipinski definition) is 3. The molecule has 7 heavy (non-hydrogen) atoms. The van der Waals surface area contributed by atoms with Crippen LogP contribution in [0.1, 0.15) is 0 Å². The third-order valence-electron chi connectivity index (χ3n) is 0.552. The zero-order valence-corrected chi connectivity index (χ0v) is 6.36. The summed E-state index contributed by atoms with van der Waals surface area (Å²) < 4.78 is 4.87. The lowest BCUT2D eigenvalue weighted by atomic mass is 10.7. The van der Waals surface area contributed by atoms with Crippen molar-refractivity contribution in [1.82, 2.24) is 4.37 Å². The van der Waals surface area contributed by atoms with E-state index in [-0.39, 0.29) is 0 Å². The normalized spacial score (nSPS) is 9.29. The molecular formula is C3H3IN2S. The molecule has 0 amide bonds. The maximum Gasteiger partial charge on any atom is 0.120 e. The number of halogens is 1. The maximum absolute atomic E-state index is 5.39. The van der Waals surface area contributed by atoms with E-state index in [9.17, 15) is 0 Å². The highest BCUT2D eigenvalue weighted by molar-refractivity contribution is 14.1. The molecule has 1 aromatic heterocycles. The number of nitrogens with two attached hydrogens (primary N) is 1. The lowest BCUT2D eigenvalue weighted by Crippen LogP contribution is -1.78. The van der Waals surface area contributed by atoms with Gasteiger partial charge in [0.2, 0.25) is 0 Å². The summed E-state index contributed by atoms with van der Waals surface area (Å²) in [6.45, 7) is 0. The van der Waals surface area contributed by atoms with Gasteiger partial charge in [0.25, 0.3) is 0 Å². The fraction of sp³-hybridized carbons (Fsp3) is 0. The Hall–Kier alpha value is 0.160. The lowest BCUT2D eigenvalue weighted by Gasteiger charge is -1.76. The average Bonchev–Trinajstić information content (AvgIpc) is 1.91. The number of nitrogen functional groups attached to an aromatic ring is 1. The zero-order chi connectivity index (χ0) is 5.28. The summed E-state index contributed by atoms with van der Waals surface area (Å²) in [6, 6.07) is 0. The van der Waals surface area contributed by atoms with E-state index in [0.29, 0.717) is 0 Å². The minimum Gasteiger partial charge on any atom is -0.388 e. The van der Waals surface area contributed by atoms with E-state index >= 15 is 0 Å². The van der Waals surface area contributed by atoms with E-state index in [0.717, 1.165) is 8.57 Å². The van der Waals surface area contributed by atoms with Gasteiger partial charge in [-0.25, -0.2) is 0 Å². The molecule has 0 spiro atoms. The van der Waals surface area contributed by atoms with Crippen LogP contribution in [0.4, 0.5) is 5.00 Å². The molecule has 1 aromatic rings. The minimum atomic E-state index is 0.806. The Kier molecular flexibility index (Phi) is 1.48. The van der Waals surface area contributed by atoms with E-state index in [2.05, 4.69) is 27.0 Å². The second-order valence-electron chi connectivity index (χ2n) is 1.04. The fourth-order valence-corrected chi connectivity index (χ4v) is 1.27. The predicted molar refractivity (Wildman–Crippen MR) is 39.2 cm³/mol. The molecule has 0 aliphatic heterocycles. The molecule has 0 aliphatic carbocycles. The average molecular weight is 226 g/mol. The molecule has 1 rings (SSSR count). The molecule has 2 N–H and O–H groups in total. The number of rotatable bonds is 0. The van der Waals surface area contributed by atoms with Crippen LogP contribution in [-0.2, 0) is 0 Å². The van der Waals surface area contributed by atoms with Crippen molar-refractivity contribution in [3.05, 3.63) is 9.77 Å². The molecular weight excluding hydrogens is 223 g/mol. The highest BCUT2D eigenvalue weighted by Crippen LogP contribution is 2.16. The Balaban J connectivity index is 3.12. The lowest BCUT2D eigenvalue weighted by molar-refractivity contribution is 1.55. The number of hydrogen-bond donors (Lipinski definition) is 1. The SMILES string of the molecule is Nc1sncc1I. The van der Waals surface area contributed by atoms with Crippen molar-refractivity contribution in [1.29, 1.82) is 0 Å². The molecule has 4 heteroatoms. The minimum absolute atomic E-state index is 0.806. The third-order valence-corrected chi connectivity index (χ3v) is 2.41. The Bertz CT molecular complexity index is 145. The van der Waals surface area contributed by atoms with Crippen LogP contribution in [-0.4, -0.2) is 4.37 Å². The number of nitrogens with zero attached hydrogens (tertiary/aromatic N) is 1. The second-order valence-corrected chi connectivity index (χ2v) is 3.03. The van der Waals surface area contributed by atoms with E-state index < -0.39 is 0 Å². The molecule has 1 heterocycles. The van der Waals surface area contributed by atoms with Crippen LogP contribution in [0.25, 0.3) is 0 Å².